The fourth-order valence-electron chi connectivity index (χ4n) is 2.62. The minimum absolute atomic E-state index is 1.13. The summed E-state index contributed by atoms with van der Waals surface area (Å²) in [6.45, 7) is 4.48. The second-order valence-corrected chi connectivity index (χ2v) is 16.7. The number of hydrogen-bond donors (Lipinski definition) is 0. The molecule has 0 saturated carbocycles. The fourth-order valence-corrected chi connectivity index (χ4v) is 7.82. The van der Waals surface area contributed by atoms with E-state index in [-0.39, 0.29) is 0 Å². The van der Waals surface area contributed by atoms with Crippen LogP contribution in [0.4, 0.5) is 0 Å². The molecule has 0 amide bonds. The van der Waals surface area contributed by atoms with E-state index in [2.05, 4.69) is 48.6 Å². The fraction of sp³-hybridized carbons (Fsp3) is 0.400. The van der Waals surface area contributed by atoms with Crippen LogP contribution in [0, 0.1) is 0 Å². The van der Waals surface area contributed by atoms with Crippen molar-refractivity contribution >= 4 is 4.82 Å². The van der Waals surface area contributed by atoms with Crippen LogP contribution in [0.2, 0.25) is 10.5 Å². The molecular formula is C15H22Ti. The van der Waals surface area contributed by atoms with E-state index >= 15 is 0 Å². The second kappa shape index (κ2) is 3.52. The van der Waals surface area contributed by atoms with Gasteiger partial charge in [0.1, 0.15) is 0 Å². The normalized spacial score (nSPS) is 21.6. The third-order valence-electron chi connectivity index (χ3n) is 4.35. The number of rotatable bonds is 2. The molecule has 16 heavy (non-hydrogen) atoms. The predicted molar refractivity (Wildman–Crippen MR) is 71.8 cm³/mol. The molecule has 2 rings (SSSR count). The Morgan fingerprint density at radius 2 is 1.88 bits per heavy atom. The molecule has 0 atom stereocenters. The van der Waals surface area contributed by atoms with E-state index in [9.17, 15) is 0 Å². The van der Waals surface area contributed by atoms with Gasteiger partial charge in [-0.25, -0.2) is 0 Å². The first-order chi connectivity index (χ1) is 7.30. The van der Waals surface area contributed by atoms with Crippen molar-refractivity contribution in [2.45, 2.75) is 37.1 Å². The Hall–Kier alpha value is -0.456. The maximum absolute atomic E-state index is 4.72. The van der Waals surface area contributed by atoms with Crippen molar-refractivity contribution in [3.8, 4) is 0 Å². The van der Waals surface area contributed by atoms with Crippen LogP contribution in [0.5, 0.6) is 0 Å². The second-order valence-electron chi connectivity index (χ2n) is 6.32. The van der Waals surface area contributed by atoms with Gasteiger partial charge in [0, 0.05) is 0 Å². The van der Waals surface area contributed by atoms with Gasteiger partial charge in [-0.3, -0.25) is 0 Å². The summed E-state index contributed by atoms with van der Waals surface area (Å²) in [4.78, 5) is 4.72. The third kappa shape index (κ3) is 1.79. The van der Waals surface area contributed by atoms with E-state index in [1.165, 1.54) is 11.1 Å². The molecule has 0 bridgehead atoms. The van der Waals surface area contributed by atoms with Crippen molar-refractivity contribution in [2.75, 3.05) is 0 Å². The van der Waals surface area contributed by atoms with Crippen LogP contribution in [0.3, 0.4) is 0 Å². The predicted octanol–water partition coefficient (Wildman–Crippen LogP) is 4.67. The quantitative estimate of drug-likeness (QED) is 0.624. The van der Waals surface area contributed by atoms with E-state index in [1.54, 1.807) is 7.76 Å². The van der Waals surface area contributed by atoms with Crippen LogP contribution in [-0.4, -0.2) is 4.82 Å². The SMILES string of the molecule is [CH2]=[Ti]([CH3])([CH3])([C]1=CC=CC1)[C]1=CC(C)=C(C)C1. The van der Waals surface area contributed by atoms with Gasteiger partial charge in [0.15, 0.2) is 0 Å². The molecule has 2 aliphatic rings. The Morgan fingerprint density at radius 3 is 2.31 bits per heavy atom. The zero-order chi connectivity index (χ0) is 12.0. The van der Waals surface area contributed by atoms with Crippen molar-refractivity contribution in [3.63, 3.8) is 0 Å². The van der Waals surface area contributed by atoms with Crippen molar-refractivity contribution in [2.24, 2.45) is 0 Å². The van der Waals surface area contributed by atoms with Crippen LogP contribution >= 0.6 is 0 Å². The molecule has 2 aliphatic carbocycles. The Morgan fingerprint density at radius 1 is 1.19 bits per heavy atom. The standard InChI is InChI=1S/C7H9.C5H5.2CH3.CH2.Ti/c1-6-4-3-5-7(6)2;1-2-4-5-3-1;;;;/h4H,5H2,1-2H3;1-3H,4H2;2*1H3;1H2;. The average Bonchev–Trinajstić information content (AvgIpc) is 2.76. The Kier molecular flexibility index (Phi) is 2.64. The van der Waals surface area contributed by atoms with Crippen molar-refractivity contribution in [3.05, 3.63) is 43.2 Å². The first-order valence-electron chi connectivity index (χ1n) is 6.11. The van der Waals surface area contributed by atoms with Gasteiger partial charge < -0.3 is 0 Å². The minimum atomic E-state index is -2.77. The van der Waals surface area contributed by atoms with Crippen LogP contribution in [0.15, 0.2) is 43.2 Å². The summed E-state index contributed by atoms with van der Waals surface area (Å²) in [7, 11) is 0. The van der Waals surface area contributed by atoms with E-state index in [1.807, 2.05) is 0 Å². The summed E-state index contributed by atoms with van der Waals surface area (Å²) < 4.78 is 3.26. The Balaban J connectivity index is 2.41. The molecule has 0 fully saturated rings. The van der Waals surface area contributed by atoms with Gasteiger partial charge in [-0.2, -0.15) is 0 Å². The Labute approximate surface area is 99.8 Å². The van der Waals surface area contributed by atoms with Gasteiger partial charge in [0.25, 0.3) is 0 Å². The summed E-state index contributed by atoms with van der Waals surface area (Å²) in [6.07, 6.45) is 11.5. The van der Waals surface area contributed by atoms with Crippen LogP contribution in [0.1, 0.15) is 26.7 Å². The molecule has 0 aromatic heterocycles. The maximum atomic E-state index is 4.72. The molecule has 0 N–H and O–H groups in total. The van der Waals surface area contributed by atoms with Crippen LogP contribution in [-0.2, 0) is 14.8 Å². The van der Waals surface area contributed by atoms with Gasteiger partial charge in [-0.1, -0.05) is 0 Å². The topological polar surface area (TPSA) is 0 Å². The molecule has 0 aliphatic heterocycles. The molecule has 0 spiro atoms. The zero-order valence-electron chi connectivity index (χ0n) is 10.9. The molecule has 0 heterocycles. The molecule has 0 unspecified atom stereocenters. The number of hydrogen-bond acceptors (Lipinski definition) is 0. The monoisotopic (exact) mass is 250 g/mol. The zero-order valence-corrected chi connectivity index (χ0v) is 12.5. The van der Waals surface area contributed by atoms with E-state index in [0.717, 1.165) is 12.8 Å². The molecule has 0 radical (unpaired) electrons. The van der Waals surface area contributed by atoms with Crippen molar-refractivity contribution in [1.29, 1.82) is 0 Å². The first kappa shape index (κ1) is 12.0. The van der Waals surface area contributed by atoms with Gasteiger partial charge >= 0.3 is 100 Å². The molecule has 86 valence electrons. The molecule has 0 saturated heterocycles. The molecular weight excluding hydrogens is 228 g/mol. The van der Waals surface area contributed by atoms with Crippen LogP contribution in [0.25, 0.3) is 0 Å². The van der Waals surface area contributed by atoms with Gasteiger partial charge in [0.05, 0.1) is 0 Å². The molecule has 0 nitrogen and oxygen atoms in total. The first-order valence-corrected chi connectivity index (χ1v) is 11.9. The molecule has 0 aromatic carbocycles. The third-order valence-corrected chi connectivity index (χ3v) is 11.9. The van der Waals surface area contributed by atoms with E-state index in [4.69, 9.17) is 4.82 Å². The summed E-state index contributed by atoms with van der Waals surface area (Å²) >= 11 is -2.77. The van der Waals surface area contributed by atoms with Crippen molar-refractivity contribution in [1.82, 2.24) is 0 Å². The van der Waals surface area contributed by atoms with Gasteiger partial charge in [0.2, 0.25) is 0 Å². The van der Waals surface area contributed by atoms with Crippen LogP contribution < -0.4 is 0 Å². The number of allylic oxidation sites excluding steroid dienone is 8. The summed E-state index contributed by atoms with van der Waals surface area (Å²) in [5, 5.41) is 4.90. The van der Waals surface area contributed by atoms with Gasteiger partial charge in [-0.15, -0.1) is 0 Å². The average molecular weight is 250 g/mol. The Bertz CT molecular complexity index is 516. The van der Waals surface area contributed by atoms with Crippen molar-refractivity contribution < 1.29 is 14.8 Å². The van der Waals surface area contributed by atoms with Gasteiger partial charge in [-0.05, 0) is 0 Å². The summed E-state index contributed by atoms with van der Waals surface area (Å²) in [6, 6.07) is 0. The molecule has 1 heteroatoms. The van der Waals surface area contributed by atoms with E-state index < -0.39 is 14.8 Å². The summed E-state index contributed by atoms with van der Waals surface area (Å²) in [5.41, 5.74) is 2.99. The molecule has 0 aromatic rings. The van der Waals surface area contributed by atoms with E-state index in [0.29, 0.717) is 0 Å². The summed E-state index contributed by atoms with van der Waals surface area (Å²) in [5.74, 6) is 0.